The predicted octanol–water partition coefficient (Wildman–Crippen LogP) is 30.8. The molecular weight excluding hydrogens is 1330 g/mol. The Hall–Kier alpha value is -1.12. The molecule has 17 aliphatic carbocycles. The Balaban J connectivity index is 0.634. The Morgan fingerprint density at radius 2 is 0.345 bits per heavy atom. The fourth-order valence-corrected chi connectivity index (χ4v) is 33.2. The number of nitrogens with zero attached hydrogens (tertiary/aromatic N) is 2. The standard InChI is InChI=1S/C108H178N2/c1-71-15-39-83(40-16-71)101(84-41-17-72(2)18-42-84)67-79-31-55-91(56-32-79)109(92-57-33-80(34-58-92)68-102(85-43-19-73(3)20-44-85)86-45-21-74(4)22-46-86)105-65-63-97-98-64-66-106(100-14-10-12-96(108(98)100)95-11-9-13-99(105)107(95)97)110(93-59-35-81(36-60-93)69-103(87-47-23-75(5)24-48-87)88-49-25-76(6)26-50-88)94-61-37-82(38-62-94)70-104(89-51-27-77(7)28-52-89)90-53-29-78(8)30-54-90/h67-100,105-108H,9-66H2,1-8H3. The molecule has 0 aromatic carbocycles. The molecule has 2 nitrogen and oxygen atoms in total. The van der Waals surface area contributed by atoms with Crippen LogP contribution in [0.2, 0.25) is 0 Å². The first-order chi connectivity index (χ1) is 53.7. The predicted molar refractivity (Wildman–Crippen MR) is 470 cm³/mol. The van der Waals surface area contributed by atoms with Gasteiger partial charge in [0.2, 0.25) is 0 Å². The van der Waals surface area contributed by atoms with Crippen molar-refractivity contribution in [1.82, 2.24) is 9.80 Å². The highest BCUT2D eigenvalue weighted by molar-refractivity contribution is 5.22. The van der Waals surface area contributed by atoms with Gasteiger partial charge in [-0.2, -0.15) is 0 Å². The number of hydrogen-bond donors (Lipinski definition) is 0. The van der Waals surface area contributed by atoms with E-state index >= 15 is 0 Å². The summed E-state index contributed by atoms with van der Waals surface area (Å²) in [6.45, 7) is 20.5. The van der Waals surface area contributed by atoms with Gasteiger partial charge in [0.1, 0.15) is 0 Å². The molecule has 110 heavy (non-hydrogen) atoms. The Morgan fingerprint density at radius 1 is 0.173 bits per heavy atom. The average Bonchev–Trinajstić information content (AvgIpc) is 0.707. The minimum Gasteiger partial charge on any atom is -0.294 e. The molecule has 0 radical (unpaired) electrons. The van der Waals surface area contributed by atoms with E-state index in [1.807, 2.05) is 22.3 Å². The van der Waals surface area contributed by atoms with E-state index in [-0.39, 0.29) is 0 Å². The second-order valence-electron chi connectivity index (χ2n) is 46.8. The molecule has 17 fully saturated rings. The zero-order valence-corrected chi connectivity index (χ0v) is 73.8. The van der Waals surface area contributed by atoms with Gasteiger partial charge in [0.25, 0.3) is 0 Å². The van der Waals surface area contributed by atoms with Crippen LogP contribution in [0.15, 0.2) is 46.6 Å². The lowest BCUT2D eigenvalue weighted by Gasteiger charge is -2.67. The zero-order valence-electron chi connectivity index (χ0n) is 73.8. The summed E-state index contributed by atoms with van der Waals surface area (Å²) in [5.41, 5.74) is 8.09. The topological polar surface area (TPSA) is 6.48 Å². The van der Waals surface area contributed by atoms with E-state index in [0.29, 0.717) is 0 Å². The second-order valence-corrected chi connectivity index (χ2v) is 46.8. The smallest absolute Gasteiger partial charge is 0.0132 e. The Bertz CT molecular complexity index is 2460. The van der Waals surface area contributed by atoms with Crippen LogP contribution in [0.25, 0.3) is 0 Å². The van der Waals surface area contributed by atoms with Crippen LogP contribution in [0.4, 0.5) is 0 Å². The summed E-state index contributed by atoms with van der Waals surface area (Å²) in [6.07, 6.45) is 99.9. The first-order valence-corrected chi connectivity index (χ1v) is 52.2. The third-order valence-electron chi connectivity index (χ3n) is 39.8. The summed E-state index contributed by atoms with van der Waals surface area (Å²) in [7, 11) is 0. The number of allylic oxidation sites excluding steroid dienone is 8. The highest BCUT2D eigenvalue weighted by atomic mass is 15.2. The summed E-state index contributed by atoms with van der Waals surface area (Å²) in [4.78, 5) is 7.17. The van der Waals surface area contributed by atoms with E-state index in [1.165, 1.54) is 308 Å². The van der Waals surface area contributed by atoms with Crippen molar-refractivity contribution in [2.45, 2.75) is 464 Å². The third kappa shape index (κ3) is 18.7. The SMILES string of the molecule is CC1CCC(C(=CC2CCC(N(C3CCC(C=C(C4CCC(C)CC4)C4CCC(C)CC4)CC3)C3CCC4C5CCC(N(C6CCC(C=C(C7CCC(C)CC7)C7CCC(C)CC7)CC6)C6CCC(C=C(C7CCC(C)CC7)C7CCC(C)CC7)CC6)C6CCCC(C7CCCC3C74)C56)CC2)C2CCC(C)CC2)CC1. The van der Waals surface area contributed by atoms with Crippen molar-refractivity contribution in [2.75, 3.05) is 0 Å². The van der Waals surface area contributed by atoms with E-state index in [9.17, 15) is 0 Å². The molecule has 620 valence electrons. The molecule has 0 heterocycles. The van der Waals surface area contributed by atoms with Gasteiger partial charge in [-0.3, -0.25) is 9.80 Å². The monoisotopic (exact) mass is 1500 g/mol. The van der Waals surface area contributed by atoms with Crippen LogP contribution in [0.3, 0.4) is 0 Å². The van der Waals surface area contributed by atoms with Crippen LogP contribution < -0.4 is 0 Å². The van der Waals surface area contributed by atoms with E-state index in [1.54, 1.807) is 64.2 Å². The van der Waals surface area contributed by atoms with E-state index in [2.05, 4.69) is 89.5 Å². The van der Waals surface area contributed by atoms with Crippen LogP contribution in [-0.4, -0.2) is 46.1 Å². The normalized spacial score (nSPS) is 47.7. The lowest BCUT2D eigenvalue weighted by Crippen LogP contribution is -2.65. The Morgan fingerprint density at radius 3 is 0.536 bits per heavy atom. The van der Waals surface area contributed by atoms with Gasteiger partial charge < -0.3 is 0 Å². The van der Waals surface area contributed by atoms with Crippen molar-refractivity contribution in [2.24, 2.45) is 166 Å². The molecule has 10 unspecified atom stereocenters. The average molecular weight is 1500 g/mol. The molecule has 0 amide bonds. The van der Waals surface area contributed by atoms with Crippen LogP contribution >= 0.6 is 0 Å². The molecule has 2 heteroatoms. The molecule has 0 spiro atoms. The highest BCUT2D eigenvalue weighted by Gasteiger charge is 2.62. The minimum absolute atomic E-state index is 0.832. The molecule has 17 aliphatic rings. The molecule has 0 bridgehead atoms. The van der Waals surface area contributed by atoms with Crippen LogP contribution in [0.5, 0.6) is 0 Å². The first kappa shape index (κ1) is 81.3. The first-order valence-electron chi connectivity index (χ1n) is 52.2. The van der Waals surface area contributed by atoms with Gasteiger partial charge in [0.05, 0.1) is 0 Å². The van der Waals surface area contributed by atoms with Crippen molar-refractivity contribution in [3.05, 3.63) is 46.6 Å². The fourth-order valence-electron chi connectivity index (χ4n) is 33.2. The molecule has 0 aromatic rings. The largest absolute Gasteiger partial charge is 0.294 e. The van der Waals surface area contributed by atoms with Crippen LogP contribution in [-0.2, 0) is 0 Å². The fraction of sp³-hybridized carbons (Fsp3) is 0.926. The lowest BCUT2D eigenvalue weighted by molar-refractivity contribution is -0.179. The van der Waals surface area contributed by atoms with Crippen molar-refractivity contribution in [3.8, 4) is 0 Å². The maximum Gasteiger partial charge on any atom is 0.0132 e. The Labute approximate surface area is 681 Å². The lowest BCUT2D eigenvalue weighted by atomic mass is 9.41. The summed E-state index contributed by atoms with van der Waals surface area (Å²) in [5, 5.41) is 0. The zero-order chi connectivity index (χ0) is 74.9. The van der Waals surface area contributed by atoms with Gasteiger partial charge in [0, 0.05) is 36.3 Å². The molecule has 0 N–H and O–H groups in total. The minimum atomic E-state index is 0.832. The molecule has 0 saturated heterocycles. The van der Waals surface area contributed by atoms with Gasteiger partial charge in [-0.25, -0.2) is 0 Å². The van der Waals surface area contributed by atoms with Crippen molar-refractivity contribution >= 4 is 0 Å². The van der Waals surface area contributed by atoms with E-state index in [4.69, 9.17) is 0 Å². The number of hydrogen-bond acceptors (Lipinski definition) is 2. The molecule has 17 rings (SSSR count). The molecule has 0 aromatic heterocycles. The van der Waals surface area contributed by atoms with E-state index in [0.717, 1.165) is 202 Å². The number of fused-ring (bicyclic) bond motifs is 2. The molecule has 17 saturated carbocycles. The van der Waals surface area contributed by atoms with Crippen molar-refractivity contribution in [3.63, 3.8) is 0 Å². The van der Waals surface area contributed by atoms with Gasteiger partial charge in [-0.05, 0) is 423 Å². The maximum atomic E-state index is 3.59. The van der Waals surface area contributed by atoms with Gasteiger partial charge in [-0.15, -0.1) is 0 Å². The summed E-state index contributed by atoms with van der Waals surface area (Å²) >= 11 is 0. The van der Waals surface area contributed by atoms with Gasteiger partial charge in [-0.1, -0.05) is 218 Å². The van der Waals surface area contributed by atoms with E-state index < -0.39 is 0 Å². The highest BCUT2D eigenvalue weighted by Crippen LogP contribution is 2.67. The quantitative estimate of drug-likeness (QED) is 0.126. The summed E-state index contributed by atoms with van der Waals surface area (Å²) in [6, 6.07) is 5.05. The second kappa shape index (κ2) is 37.7. The molecular formula is C108H178N2. The summed E-state index contributed by atoms with van der Waals surface area (Å²) < 4.78 is 0. The summed E-state index contributed by atoms with van der Waals surface area (Å²) in [5.74, 6) is 26.3. The molecule has 10 atom stereocenters. The van der Waals surface area contributed by atoms with Gasteiger partial charge >= 0.3 is 0 Å². The Kier molecular flexibility index (Phi) is 27.8. The van der Waals surface area contributed by atoms with Gasteiger partial charge in [0.15, 0.2) is 0 Å². The van der Waals surface area contributed by atoms with Crippen molar-refractivity contribution < 1.29 is 0 Å². The number of rotatable bonds is 18. The molecule has 0 aliphatic heterocycles. The van der Waals surface area contributed by atoms with Crippen LogP contribution in [0, 0.1) is 166 Å². The van der Waals surface area contributed by atoms with Crippen LogP contribution in [0.1, 0.15) is 428 Å². The van der Waals surface area contributed by atoms with Crippen molar-refractivity contribution in [1.29, 1.82) is 0 Å². The maximum absolute atomic E-state index is 3.59. The third-order valence-corrected chi connectivity index (χ3v) is 39.8.